The molecule has 0 radical (unpaired) electrons. The molecule has 2 N–H and O–H groups in total. The average molecular weight is 374 g/mol. The van der Waals surface area contributed by atoms with Crippen LogP contribution in [0.15, 0.2) is 72.8 Å². The Labute approximate surface area is 166 Å². The van der Waals surface area contributed by atoms with Crippen LogP contribution >= 0.6 is 0 Å². The van der Waals surface area contributed by atoms with Crippen molar-refractivity contribution in [2.24, 2.45) is 23.7 Å². The van der Waals surface area contributed by atoms with Crippen molar-refractivity contribution in [2.75, 3.05) is 0 Å². The van der Waals surface area contributed by atoms with Crippen molar-refractivity contribution < 1.29 is 9.59 Å². The molecule has 0 spiro atoms. The normalized spacial score (nSPS) is 25.3. The SMILES string of the molecule is O=C(NCc1ccccc1)[C@@H]1[C@H](C(=O)NCc2ccccc2)[C@H]2C=C[C@H]1CC2. The Hall–Kier alpha value is -2.88. The van der Waals surface area contributed by atoms with E-state index in [1.807, 2.05) is 60.7 Å². The van der Waals surface area contributed by atoms with Crippen LogP contribution in [0.4, 0.5) is 0 Å². The molecule has 3 aliphatic carbocycles. The molecule has 2 amide bonds. The maximum atomic E-state index is 13.0. The number of carbonyl (C=O) groups excluding carboxylic acids is 2. The minimum atomic E-state index is -0.289. The summed E-state index contributed by atoms with van der Waals surface area (Å²) in [6.07, 6.45) is 6.24. The molecule has 4 atom stereocenters. The quantitative estimate of drug-likeness (QED) is 0.761. The van der Waals surface area contributed by atoms with Gasteiger partial charge in [-0.2, -0.15) is 0 Å². The molecule has 144 valence electrons. The van der Waals surface area contributed by atoms with Crippen LogP contribution in [0.25, 0.3) is 0 Å². The van der Waals surface area contributed by atoms with Gasteiger partial charge < -0.3 is 10.6 Å². The third-order valence-electron chi connectivity index (χ3n) is 5.97. The Bertz CT molecular complexity index is 776. The summed E-state index contributed by atoms with van der Waals surface area (Å²) in [5.74, 6) is -0.307. The second kappa shape index (κ2) is 8.42. The van der Waals surface area contributed by atoms with Crippen LogP contribution in [0.1, 0.15) is 24.0 Å². The molecule has 0 unspecified atom stereocenters. The fraction of sp³-hybridized carbons (Fsp3) is 0.333. The van der Waals surface area contributed by atoms with Gasteiger partial charge in [-0.3, -0.25) is 9.59 Å². The van der Waals surface area contributed by atoms with Gasteiger partial charge in [-0.25, -0.2) is 0 Å². The molecule has 0 aromatic heterocycles. The monoisotopic (exact) mass is 374 g/mol. The molecule has 3 aliphatic rings. The van der Waals surface area contributed by atoms with Gasteiger partial charge in [0, 0.05) is 13.1 Å². The van der Waals surface area contributed by atoms with Gasteiger partial charge in [-0.05, 0) is 35.8 Å². The van der Waals surface area contributed by atoms with E-state index < -0.39 is 0 Å². The summed E-state index contributed by atoms with van der Waals surface area (Å²) in [5.41, 5.74) is 2.13. The number of rotatable bonds is 6. The zero-order valence-electron chi connectivity index (χ0n) is 15.9. The zero-order chi connectivity index (χ0) is 19.3. The topological polar surface area (TPSA) is 58.2 Å². The Kier molecular flexibility index (Phi) is 5.56. The molecule has 0 aliphatic heterocycles. The van der Waals surface area contributed by atoms with E-state index in [1.54, 1.807) is 0 Å². The van der Waals surface area contributed by atoms with Crippen molar-refractivity contribution in [3.63, 3.8) is 0 Å². The van der Waals surface area contributed by atoms with Crippen LogP contribution in [0.2, 0.25) is 0 Å². The molecule has 5 rings (SSSR count). The predicted octanol–water partition coefficient (Wildman–Crippen LogP) is 3.45. The molecular weight excluding hydrogens is 348 g/mol. The highest BCUT2D eigenvalue weighted by Crippen LogP contribution is 2.45. The second-order valence-corrected chi connectivity index (χ2v) is 7.75. The van der Waals surface area contributed by atoms with Gasteiger partial charge in [0.1, 0.15) is 0 Å². The van der Waals surface area contributed by atoms with Crippen molar-refractivity contribution in [1.82, 2.24) is 10.6 Å². The molecule has 4 nitrogen and oxygen atoms in total. The molecule has 4 heteroatoms. The summed E-state index contributed by atoms with van der Waals surface area (Å²) < 4.78 is 0. The lowest BCUT2D eigenvalue weighted by Gasteiger charge is -2.43. The number of fused-ring (bicyclic) bond motifs is 2. The van der Waals surface area contributed by atoms with E-state index in [0.717, 1.165) is 24.0 Å². The summed E-state index contributed by atoms with van der Waals surface area (Å²) >= 11 is 0. The van der Waals surface area contributed by atoms with Gasteiger partial charge >= 0.3 is 0 Å². The fourth-order valence-electron chi connectivity index (χ4n) is 4.51. The van der Waals surface area contributed by atoms with E-state index in [4.69, 9.17) is 0 Å². The summed E-state index contributed by atoms with van der Waals surface area (Å²) in [4.78, 5) is 26.1. The van der Waals surface area contributed by atoms with E-state index in [0.29, 0.717) is 13.1 Å². The molecule has 2 bridgehead atoms. The van der Waals surface area contributed by atoms with Crippen molar-refractivity contribution >= 4 is 11.8 Å². The predicted molar refractivity (Wildman–Crippen MR) is 109 cm³/mol. The van der Waals surface area contributed by atoms with Crippen LogP contribution in [0, 0.1) is 23.7 Å². The van der Waals surface area contributed by atoms with Gasteiger partial charge in [-0.15, -0.1) is 0 Å². The van der Waals surface area contributed by atoms with Crippen LogP contribution in [0.5, 0.6) is 0 Å². The van der Waals surface area contributed by atoms with E-state index in [1.165, 1.54) is 0 Å². The van der Waals surface area contributed by atoms with Crippen molar-refractivity contribution in [1.29, 1.82) is 0 Å². The first-order chi connectivity index (χ1) is 13.7. The van der Waals surface area contributed by atoms with E-state index in [-0.39, 0.29) is 35.5 Å². The summed E-state index contributed by atoms with van der Waals surface area (Å²) in [5, 5.41) is 6.12. The van der Waals surface area contributed by atoms with Gasteiger partial charge in [0.2, 0.25) is 11.8 Å². The Morgan fingerprint density at radius 2 is 1.07 bits per heavy atom. The van der Waals surface area contributed by atoms with Crippen LogP contribution < -0.4 is 10.6 Å². The third kappa shape index (κ3) is 4.01. The highest BCUT2D eigenvalue weighted by molar-refractivity contribution is 5.89. The second-order valence-electron chi connectivity index (χ2n) is 7.75. The number of amides is 2. The molecule has 2 aromatic carbocycles. The number of hydrogen-bond donors (Lipinski definition) is 2. The maximum absolute atomic E-state index is 13.0. The Morgan fingerprint density at radius 1 is 0.679 bits per heavy atom. The first kappa shape index (κ1) is 18.5. The molecular formula is C24H26N2O2. The molecule has 0 heterocycles. The summed E-state index contributed by atoms with van der Waals surface area (Å²) in [6, 6.07) is 19.8. The minimum absolute atomic E-state index is 0.0113. The largest absolute Gasteiger partial charge is 0.352 e. The highest BCUT2D eigenvalue weighted by Gasteiger charge is 2.47. The van der Waals surface area contributed by atoms with E-state index >= 15 is 0 Å². The van der Waals surface area contributed by atoms with Gasteiger partial charge in [0.05, 0.1) is 11.8 Å². The lowest BCUT2D eigenvalue weighted by molar-refractivity contribution is -0.140. The van der Waals surface area contributed by atoms with Crippen molar-refractivity contribution in [3.8, 4) is 0 Å². The fourth-order valence-corrected chi connectivity index (χ4v) is 4.51. The molecule has 1 saturated carbocycles. The maximum Gasteiger partial charge on any atom is 0.224 e. The van der Waals surface area contributed by atoms with Crippen LogP contribution in [0.3, 0.4) is 0 Å². The summed E-state index contributed by atoms with van der Waals surface area (Å²) in [7, 11) is 0. The number of nitrogens with one attached hydrogen (secondary N) is 2. The lowest BCUT2D eigenvalue weighted by atomic mass is 9.61. The smallest absolute Gasteiger partial charge is 0.224 e. The number of benzene rings is 2. The van der Waals surface area contributed by atoms with Gasteiger partial charge in [-0.1, -0.05) is 72.8 Å². The van der Waals surface area contributed by atoms with Crippen LogP contribution in [-0.2, 0) is 22.7 Å². The van der Waals surface area contributed by atoms with Crippen LogP contribution in [-0.4, -0.2) is 11.8 Å². The molecule has 28 heavy (non-hydrogen) atoms. The van der Waals surface area contributed by atoms with Gasteiger partial charge in [0.15, 0.2) is 0 Å². The zero-order valence-corrected chi connectivity index (χ0v) is 15.9. The number of carbonyl (C=O) groups is 2. The summed E-state index contributed by atoms with van der Waals surface area (Å²) in [6.45, 7) is 0.991. The molecule has 0 saturated heterocycles. The number of allylic oxidation sites excluding steroid dienone is 2. The third-order valence-corrected chi connectivity index (χ3v) is 5.97. The molecule has 2 aromatic rings. The van der Waals surface area contributed by atoms with Crippen molar-refractivity contribution in [2.45, 2.75) is 25.9 Å². The first-order valence-corrected chi connectivity index (χ1v) is 10.0. The van der Waals surface area contributed by atoms with Crippen molar-refractivity contribution in [3.05, 3.63) is 83.9 Å². The highest BCUT2D eigenvalue weighted by atomic mass is 16.2. The van der Waals surface area contributed by atoms with Gasteiger partial charge in [0.25, 0.3) is 0 Å². The average Bonchev–Trinajstić information content (AvgIpc) is 2.77. The lowest BCUT2D eigenvalue weighted by Crippen LogP contribution is -2.51. The van der Waals surface area contributed by atoms with E-state index in [2.05, 4.69) is 22.8 Å². The van der Waals surface area contributed by atoms with E-state index in [9.17, 15) is 9.59 Å². The Morgan fingerprint density at radius 3 is 1.43 bits per heavy atom. The Balaban J connectivity index is 1.44. The first-order valence-electron chi connectivity index (χ1n) is 10.0. The molecule has 1 fully saturated rings. The minimum Gasteiger partial charge on any atom is -0.352 e. The standard InChI is InChI=1S/C24H26N2O2/c27-23(25-15-17-7-3-1-4-8-17)21-19-11-13-20(14-12-19)22(21)24(28)26-16-18-9-5-2-6-10-18/h1-11,13,19-22H,12,14-16H2,(H,25,27)(H,26,28)/t19-,20-,21-,22+/m0/s1. The number of hydrogen-bond acceptors (Lipinski definition) is 2.